The minimum Gasteiger partial charge on any atom is -0.449 e. The summed E-state index contributed by atoms with van der Waals surface area (Å²) in [5.41, 5.74) is 1.36. The SMILES string of the molecule is CN(CCc1ccccc1)c1ccco1. The van der Waals surface area contributed by atoms with Gasteiger partial charge < -0.3 is 9.32 Å². The molecule has 0 fully saturated rings. The second kappa shape index (κ2) is 4.69. The number of anilines is 1. The third-order valence-electron chi connectivity index (χ3n) is 2.46. The molecule has 0 N–H and O–H groups in total. The lowest BCUT2D eigenvalue weighted by Crippen LogP contribution is -2.19. The van der Waals surface area contributed by atoms with Gasteiger partial charge >= 0.3 is 0 Å². The Kier molecular flexibility index (Phi) is 3.08. The van der Waals surface area contributed by atoms with E-state index in [1.165, 1.54) is 5.56 Å². The number of furan rings is 1. The van der Waals surface area contributed by atoms with Gasteiger partial charge in [0.15, 0.2) is 5.88 Å². The predicted octanol–water partition coefficient (Wildman–Crippen LogP) is 2.96. The molecule has 0 bridgehead atoms. The summed E-state index contributed by atoms with van der Waals surface area (Å²) >= 11 is 0. The van der Waals surface area contributed by atoms with Crippen molar-refractivity contribution in [2.45, 2.75) is 6.42 Å². The van der Waals surface area contributed by atoms with Crippen molar-refractivity contribution < 1.29 is 4.42 Å². The smallest absolute Gasteiger partial charge is 0.194 e. The molecule has 0 unspecified atom stereocenters. The summed E-state index contributed by atoms with van der Waals surface area (Å²) in [5, 5.41) is 0. The molecular weight excluding hydrogens is 186 g/mol. The van der Waals surface area contributed by atoms with Crippen molar-refractivity contribution >= 4 is 5.88 Å². The Morgan fingerprint density at radius 2 is 1.87 bits per heavy atom. The van der Waals surface area contributed by atoms with Crippen LogP contribution in [0.5, 0.6) is 0 Å². The third-order valence-corrected chi connectivity index (χ3v) is 2.46. The molecule has 1 heterocycles. The van der Waals surface area contributed by atoms with Crippen LogP contribution in [0.4, 0.5) is 5.88 Å². The summed E-state index contributed by atoms with van der Waals surface area (Å²) in [6, 6.07) is 14.4. The molecule has 0 aliphatic heterocycles. The first kappa shape index (κ1) is 9.84. The molecule has 2 heteroatoms. The first-order valence-electron chi connectivity index (χ1n) is 5.15. The Balaban J connectivity index is 1.89. The van der Waals surface area contributed by atoms with E-state index in [0.29, 0.717) is 0 Å². The van der Waals surface area contributed by atoms with Crippen molar-refractivity contribution in [2.24, 2.45) is 0 Å². The quantitative estimate of drug-likeness (QED) is 0.756. The van der Waals surface area contributed by atoms with Crippen LogP contribution >= 0.6 is 0 Å². The van der Waals surface area contributed by atoms with Crippen molar-refractivity contribution in [3.63, 3.8) is 0 Å². The fraction of sp³-hybridized carbons (Fsp3) is 0.231. The maximum Gasteiger partial charge on any atom is 0.194 e. The zero-order valence-corrected chi connectivity index (χ0v) is 8.89. The van der Waals surface area contributed by atoms with Crippen LogP contribution in [0.15, 0.2) is 53.1 Å². The van der Waals surface area contributed by atoms with Gasteiger partial charge in [-0.05, 0) is 18.1 Å². The minimum absolute atomic E-state index is 0.922. The average molecular weight is 201 g/mol. The predicted molar refractivity (Wildman–Crippen MR) is 62.1 cm³/mol. The van der Waals surface area contributed by atoms with E-state index < -0.39 is 0 Å². The number of nitrogens with zero attached hydrogens (tertiary/aromatic N) is 1. The van der Waals surface area contributed by atoms with E-state index in [0.717, 1.165) is 18.8 Å². The lowest BCUT2D eigenvalue weighted by atomic mass is 10.1. The molecule has 2 rings (SSSR count). The molecule has 0 aliphatic rings. The summed E-state index contributed by atoms with van der Waals surface area (Å²) in [4.78, 5) is 2.12. The van der Waals surface area contributed by atoms with Gasteiger partial charge in [0.1, 0.15) is 0 Å². The monoisotopic (exact) mass is 201 g/mol. The molecule has 0 saturated heterocycles. The Hall–Kier alpha value is -1.70. The average Bonchev–Trinajstić information content (AvgIpc) is 2.81. The van der Waals surface area contributed by atoms with Gasteiger partial charge in [-0.1, -0.05) is 30.3 Å². The summed E-state index contributed by atoms with van der Waals surface area (Å²) in [7, 11) is 2.04. The van der Waals surface area contributed by atoms with Gasteiger partial charge in [-0.15, -0.1) is 0 Å². The molecule has 2 nitrogen and oxygen atoms in total. The van der Waals surface area contributed by atoms with Crippen LogP contribution in [-0.4, -0.2) is 13.6 Å². The van der Waals surface area contributed by atoms with Crippen LogP contribution in [0.25, 0.3) is 0 Å². The van der Waals surface area contributed by atoms with Crippen molar-refractivity contribution in [3.8, 4) is 0 Å². The summed E-state index contributed by atoms with van der Waals surface area (Å²) in [6.45, 7) is 0.970. The molecule has 1 aromatic heterocycles. The van der Waals surface area contributed by atoms with Gasteiger partial charge in [0, 0.05) is 19.7 Å². The zero-order valence-electron chi connectivity index (χ0n) is 8.89. The summed E-state index contributed by atoms with van der Waals surface area (Å²) in [6.07, 6.45) is 2.74. The molecule has 0 saturated carbocycles. The molecular formula is C13H15NO. The number of likely N-dealkylation sites (N-methyl/N-ethyl adjacent to an activating group) is 1. The van der Waals surface area contributed by atoms with E-state index in [1.54, 1.807) is 6.26 Å². The normalized spacial score (nSPS) is 10.2. The molecule has 1 aromatic carbocycles. The van der Waals surface area contributed by atoms with Crippen molar-refractivity contribution in [1.29, 1.82) is 0 Å². The third kappa shape index (κ3) is 2.62. The van der Waals surface area contributed by atoms with Crippen LogP contribution < -0.4 is 4.90 Å². The molecule has 78 valence electrons. The van der Waals surface area contributed by atoms with Gasteiger partial charge in [0.25, 0.3) is 0 Å². The van der Waals surface area contributed by atoms with Crippen molar-refractivity contribution in [3.05, 3.63) is 54.3 Å². The first-order valence-corrected chi connectivity index (χ1v) is 5.15. The van der Waals surface area contributed by atoms with Crippen LogP contribution in [0.2, 0.25) is 0 Å². The lowest BCUT2D eigenvalue weighted by molar-refractivity contribution is 0.555. The second-order valence-electron chi connectivity index (χ2n) is 3.61. The molecule has 0 amide bonds. The molecule has 15 heavy (non-hydrogen) atoms. The fourth-order valence-corrected chi connectivity index (χ4v) is 1.54. The Morgan fingerprint density at radius 3 is 2.53 bits per heavy atom. The largest absolute Gasteiger partial charge is 0.449 e. The van der Waals surface area contributed by atoms with E-state index in [2.05, 4.69) is 29.2 Å². The van der Waals surface area contributed by atoms with Crippen LogP contribution in [-0.2, 0) is 6.42 Å². The summed E-state index contributed by atoms with van der Waals surface area (Å²) < 4.78 is 5.31. The summed E-state index contributed by atoms with van der Waals surface area (Å²) in [5.74, 6) is 0.922. The second-order valence-corrected chi connectivity index (χ2v) is 3.61. The molecule has 0 atom stereocenters. The van der Waals surface area contributed by atoms with Crippen LogP contribution in [0.1, 0.15) is 5.56 Å². The Bertz CT molecular complexity index is 380. The number of benzene rings is 1. The van der Waals surface area contributed by atoms with Gasteiger partial charge in [-0.3, -0.25) is 0 Å². The Labute approximate surface area is 90.1 Å². The maximum atomic E-state index is 5.31. The van der Waals surface area contributed by atoms with Crippen LogP contribution in [0, 0.1) is 0 Å². The highest BCUT2D eigenvalue weighted by atomic mass is 16.3. The van der Waals surface area contributed by atoms with Gasteiger partial charge in [0.05, 0.1) is 6.26 Å². The fourth-order valence-electron chi connectivity index (χ4n) is 1.54. The van der Waals surface area contributed by atoms with Gasteiger partial charge in [-0.25, -0.2) is 0 Å². The van der Waals surface area contributed by atoms with E-state index in [1.807, 2.05) is 25.2 Å². The zero-order chi connectivity index (χ0) is 10.5. The molecule has 0 aliphatic carbocycles. The van der Waals surface area contributed by atoms with Crippen molar-refractivity contribution in [1.82, 2.24) is 0 Å². The van der Waals surface area contributed by atoms with E-state index in [4.69, 9.17) is 4.42 Å². The van der Waals surface area contributed by atoms with E-state index >= 15 is 0 Å². The maximum absolute atomic E-state index is 5.31. The number of hydrogen-bond donors (Lipinski definition) is 0. The number of hydrogen-bond acceptors (Lipinski definition) is 2. The van der Waals surface area contributed by atoms with E-state index in [-0.39, 0.29) is 0 Å². The Morgan fingerprint density at radius 1 is 1.07 bits per heavy atom. The molecule has 2 aromatic rings. The first-order chi connectivity index (χ1) is 7.36. The highest BCUT2D eigenvalue weighted by molar-refractivity contribution is 5.33. The van der Waals surface area contributed by atoms with E-state index in [9.17, 15) is 0 Å². The molecule has 0 spiro atoms. The highest BCUT2D eigenvalue weighted by Crippen LogP contribution is 2.12. The standard InChI is InChI=1S/C13H15NO/c1-14(13-8-5-11-15-13)10-9-12-6-3-2-4-7-12/h2-8,11H,9-10H2,1H3. The molecule has 0 radical (unpaired) electrons. The van der Waals surface area contributed by atoms with Crippen LogP contribution in [0.3, 0.4) is 0 Å². The van der Waals surface area contributed by atoms with Gasteiger partial charge in [-0.2, -0.15) is 0 Å². The topological polar surface area (TPSA) is 16.4 Å². The number of rotatable bonds is 4. The van der Waals surface area contributed by atoms with Crippen molar-refractivity contribution in [2.75, 3.05) is 18.5 Å². The van der Waals surface area contributed by atoms with Gasteiger partial charge in [0.2, 0.25) is 0 Å². The lowest BCUT2D eigenvalue weighted by Gasteiger charge is -2.15. The minimum atomic E-state index is 0.922. The highest BCUT2D eigenvalue weighted by Gasteiger charge is 2.02.